The second-order valence-corrected chi connectivity index (χ2v) is 5.34. The van der Waals surface area contributed by atoms with Crippen molar-refractivity contribution in [2.24, 2.45) is 0 Å². The summed E-state index contributed by atoms with van der Waals surface area (Å²) >= 11 is 0. The molecule has 0 saturated heterocycles. The lowest BCUT2D eigenvalue weighted by Gasteiger charge is -2.46. The fourth-order valence-electron chi connectivity index (χ4n) is 2.92. The van der Waals surface area contributed by atoms with Crippen molar-refractivity contribution < 1.29 is 4.74 Å². The molecule has 0 heterocycles. The van der Waals surface area contributed by atoms with Crippen LogP contribution < -0.4 is 5.32 Å². The van der Waals surface area contributed by atoms with Crippen LogP contribution in [0.25, 0.3) is 0 Å². The van der Waals surface area contributed by atoms with Crippen LogP contribution in [-0.2, 0) is 17.6 Å². The first kappa shape index (κ1) is 13.6. The topological polar surface area (TPSA) is 21.3 Å². The molecule has 2 rings (SSSR count). The Balaban J connectivity index is 2.05. The maximum Gasteiger partial charge on any atom is 0.0834 e. The van der Waals surface area contributed by atoms with Gasteiger partial charge in [0.25, 0.3) is 0 Å². The van der Waals surface area contributed by atoms with E-state index in [4.69, 9.17) is 4.74 Å². The monoisotopic (exact) mass is 247 g/mol. The minimum Gasteiger partial charge on any atom is -0.377 e. The van der Waals surface area contributed by atoms with Gasteiger partial charge in [-0.05, 0) is 50.3 Å². The molecule has 1 unspecified atom stereocenters. The third-order valence-corrected chi connectivity index (χ3v) is 4.46. The van der Waals surface area contributed by atoms with Crippen molar-refractivity contribution >= 4 is 0 Å². The van der Waals surface area contributed by atoms with Crippen molar-refractivity contribution in [1.82, 2.24) is 5.32 Å². The van der Waals surface area contributed by atoms with Crippen LogP contribution in [0, 0.1) is 0 Å². The van der Waals surface area contributed by atoms with Crippen LogP contribution in [0.2, 0.25) is 0 Å². The molecule has 0 aliphatic heterocycles. The molecule has 1 atom stereocenters. The summed E-state index contributed by atoms with van der Waals surface area (Å²) < 4.78 is 5.78. The largest absolute Gasteiger partial charge is 0.377 e. The first-order valence-electron chi connectivity index (χ1n) is 7.04. The molecule has 0 bridgehead atoms. The summed E-state index contributed by atoms with van der Waals surface area (Å²) in [5.74, 6) is 0. The zero-order valence-corrected chi connectivity index (χ0v) is 11.8. The molecule has 0 radical (unpaired) electrons. The smallest absolute Gasteiger partial charge is 0.0834 e. The van der Waals surface area contributed by atoms with E-state index in [2.05, 4.69) is 36.5 Å². The summed E-state index contributed by atoms with van der Waals surface area (Å²) in [5, 5.41) is 3.45. The first-order chi connectivity index (χ1) is 8.74. The van der Waals surface area contributed by atoms with Gasteiger partial charge in [-0.2, -0.15) is 0 Å². The Morgan fingerprint density at radius 3 is 2.22 bits per heavy atom. The normalized spacial score (nSPS) is 19.3. The molecular weight excluding hydrogens is 222 g/mol. The number of rotatable bonds is 6. The fourth-order valence-corrected chi connectivity index (χ4v) is 2.92. The van der Waals surface area contributed by atoms with Crippen molar-refractivity contribution in [1.29, 1.82) is 0 Å². The molecule has 1 saturated carbocycles. The molecule has 2 heteroatoms. The highest BCUT2D eigenvalue weighted by molar-refractivity contribution is 5.24. The van der Waals surface area contributed by atoms with E-state index in [0.717, 1.165) is 12.8 Å². The van der Waals surface area contributed by atoms with E-state index >= 15 is 0 Å². The van der Waals surface area contributed by atoms with Crippen LogP contribution in [0.15, 0.2) is 24.3 Å². The number of methoxy groups -OCH3 is 1. The van der Waals surface area contributed by atoms with Gasteiger partial charge in [0.05, 0.1) is 5.60 Å². The van der Waals surface area contributed by atoms with Gasteiger partial charge in [0, 0.05) is 13.2 Å². The number of hydrogen-bond acceptors (Lipinski definition) is 2. The van der Waals surface area contributed by atoms with Crippen molar-refractivity contribution in [3.8, 4) is 0 Å². The molecular formula is C16H25NO. The van der Waals surface area contributed by atoms with E-state index in [1.165, 1.54) is 30.4 Å². The maximum absolute atomic E-state index is 5.78. The van der Waals surface area contributed by atoms with Gasteiger partial charge in [-0.1, -0.05) is 31.2 Å². The van der Waals surface area contributed by atoms with Crippen LogP contribution in [0.5, 0.6) is 0 Å². The first-order valence-corrected chi connectivity index (χ1v) is 7.04. The van der Waals surface area contributed by atoms with E-state index < -0.39 is 0 Å². The maximum atomic E-state index is 5.78. The van der Waals surface area contributed by atoms with Crippen LogP contribution in [0.3, 0.4) is 0 Å². The lowest BCUT2D eigenvalue weighted by molar-refractivity contribution is -0.0966. The summed E-state index contributed by atoms with van der Waals surface area (Å²) in [6.45, 7) is 2.19. The molecule has 100 valence electrons. The minimum atomic E-state index is 0.0676. The molecule has 1 aromatic rings. The average molecular weight is 247 g/mol. The van der Waals surface area contributed by atoms with Crippen LogP contribution in [0.1, 0.15) is 37.3 Å². The third-order valence-electron chi connectivity index (χ3n) is 4.46. The molecule has 2 nitrogen and oxygen atoms in total. The predicted octanol–water partition coefficient (Wildman–Crippen LogP) is 2.95. The lowest BCUT2D eigenvalue weighted by Crippen LogP contribution is -2.56. The lowest BCUT2D eigenvalue weighted by atomic mass is 9.72. The van der Waals surface area contributed by atoms with Gasteiger partial charge in [0.1, 0.15) is 0 Å². The number of likely N-dealkylation sites (N-methyl/N-ethyl adjacent to an activating group) is 1. The number of benzene rings is 1. The number of hydrogen-bond donors (Lipinski definition) is 1. The minimum absolute atomic E-state index is 0.0676. The Hall–Kier alpha value is -0.860. The van der Waals surface area contributed by atoms with E-state index in [0.29, 0.717) is 6.04 Å². The molecule has 1 aliphatic carbocycles. The molecule has 1 aromatic carbocycles. The summed E-state index contributed by atoms with van der Waals surface area (Å²) in [6, 6.07) is 9.41. The van der Waals surface area contributed by atoms with Gasteiger partial charge < -0.3 is 10.1 Å². The van der Waals surface area contributed by atoms with Gasteiger partial charge in [-0.3, -0.25) is 0 Å². The van der Waals surface area contributed by atoms with Gasteiger partial charge in [0.2, 0.25) is 0 Å². The van der Waals surface area contributed by atoms with Crippen molar-refractivity contribution in [2.45, 2.75) is 50.7 Å². The Kier molecular flexibility index (Phi) is 4.41. The predicted molar refractivity (Wildman–Crippen MR) is 76.0 cm³/mol. The Morgan fingerprint density at radius 1 is 1.22 bits per heavy atom. The standard InChI is InChI=1S/C16H25NO/c1-4-13-6-8-14(9-7-13)12-15(17-2)16(18-3)10-5-11-16/h6-9,15,17H,4-5,10-12H2,1-3H3. The molecule has 1 N–H and O–H groups in total. The summed E-state index contributed by atoms with van der Waals surface area (Å²) in [5.41, 5.74) is 2.87. The highest BCUT2D eigenvalue weighted by Crippen LogP contribution is 2.39. The van der Waals surface area contributed by atoms with Gasteiger partial charge in [-0.15, -0.1) is 0 Å². The number of aryl methyl sites for hydroxylation is 1. The summed E-state index contributed by atoms with van der Waals surface area (Å²) in [6.07, 6.45) is 5.82. The second-order valence-electron chi connectivity index (χ2n) is 5.34. The Labute approximate surface area is 111 Å². The van der Waals surface area contributed by atoms with Crippen molar-refractivity contribution in [3.63, 3.8) is 0 Å². The van der Waals surface area contributed by atoms with E-state index in [-0.39, 0.29) is 5.60 Å². The third kappa shape index (κ3) is 2.60. The van der Waals surface area contributed by atoms with Gasteiger partial charge in [0.15, 0.2) is 0 Å². The Morgan fingerprint density at radius 2 is 1.83 bits per heavy atom. The molecule has 1 aliphatic rings. The van der Waals surface area contributed by atoms with Crippen LogP contribution in [0.4, 0.5) is 0 Å². The molecule has 0 aromatic heterocycles. The average Bonchev–Trinajstić information content (AvgIpc) is 2.37. The fraction of sp³-hybridized carbons (Fsp3) is 0.625. The summed E-state index contributed by atoms with van der Waals surface area (Å²) in [7, 11) is 3.90. The molecule has 1 fully saturated rings. The van der Waals surface area contributed by atoms with Crippen molar-refractivity contribution in [2.75, 3.05) is 14.2 Å². The molecule has 0 spiro atoms. The number of ether oxygens (including phenoxy) is 1. The van der Waals surface area contributed by atoms with Gasteiger partial charge >= 0.3 is 0 Å². The zero-order valence-electron chi connectivity index (χ0n) is 11.8. The quantitative estimate of drug-likeness (QED) is 0.834. The Bertz CT molecular complexity index is 362. The number of nitrogens with one attached hydrogen (secondary N) is 1. The van der Waals surface area contributed by atoms with Gasteiger partial charge in [-0.25, -0.2) is 0 Å². The van der Waals surface area contributed by atoms with E-state index in [9.17, 15) is 0 Å². The van der Waals surface area contributed by atoms with Crippen LogP contribution in [-0.4, -0.2) is 25.8 Å². The molecule has 0 amide bonds. The van der Waals surface area contributed by atoms with Crippen LogP contribution >= 0.6 is 0 Å². The van der Waals surface area contributed by atoms with Crippen molar-refractivity contribution in [3.05, 3.63) is 35.4 Å². The van der Waals surface area contributed by atoms with E-state index in [1.807, 2.05) is 14.2 Å². The highest BCUT2D eigenvalue weighted by atomic mass is 16.5. The summed E-state index contributed by atoms with van der Waals surface area (Å²) in [4.78, 5) is 0. The SMILES string of the molecule is CCc1ccc(CC(NC)C2(OC)CCC2)cc1. The van der Waals surface area contributed by atoms with E-state index in [1.54, 1.807) is 0 Å². The molecule has 18 heavy (non-hydrogen) atoms. The second kappa shape index (κ2) is 5.85. The zero-order chi connectivity index (χ0) is 13.0. The highest BCUT2D eigenvalue weighted by Gasteiger charge is 2.43.